The van der Waals surface area contributed by atoms with Crippen LogP contribution in [-0.4, -0.2) is 29.4 Å². The Balaban J connectivity index is -0.000000298. The van der Waals surface area contributed by atoms with Gasteiger partial charge in [-0.3, -0.25) is 0 Å². The number of hydrogen-bond acceptors (Lipinski definition) is 2. The third kappa shape index (κ3) is 57.7. The zero-order chi connectivity index (χ0) is 18.4. The first-order valence-electron chi connectivity index (χ1n) is 7.27. The number of hydrogen-bond donors (Lipinski definition) is 6. The molecule has 6 nitrogen and oxygen atoms in total. The average Bonchev–Trinajstić information content (AvgIpc) is 2.24. The fraction of sp³-hybridized carbons (Fsp3) is 1.00. The minimum atomic E-state index is -3.81. The summed E-state index contributed by atoms with van der Waals surface area (Å²) < 4.78 is 1.08. The second-order valence-corrected chi connectivity index (χ2v) is 16.3. The SMILES string of the molecule is CCCCC(CC)[CH2][Zn][CH](C)C.OP(O)(O)=S.OP(O)(O)=S. The largest absolute Gasteiger partial charge is 0.325 e. The molecule has 0 rings (SSSR count). The predicted molar refractivity (Wildman–Crippen MR) is 95.1 cm³/mol. The molecule has 6 N–H and O–H groups in total. The molecule has 0 aliphatic heterocycles. The third-order valence-corrected chi connectivity index (χ3v) is 7.53. The summed E-state index contributed by atoms with van der Waals surface area (Å²) in [6, 6.07) is 0. The molecule has 0 heterocycles. The van der Waals surface area contributed by atoms with Crippen LogP contribution in [0, 0.1) is 5.92 Å². The van der Waals surface area contributed by atoms with Gasteiger partial charge in [-0.1, -0.05) is 0 Å². The molecule has 1 atom stereocenters. The Bertz CT molecular complexity index is 298. The monoisotopic (exact) mass is 448 g/mol. The smallest absolute Gasteiger partial charge is 0.319 e. The van der Waals surface area contributed by atoms with Crippen molar-refractivity contribution < 1.29 is 46.5 Å². The summed E-state index contributed by atoms with van der Waals surface area (Å²) in [5.74, 6) is 1.09. The van der Waals surface area contributed by atoms with Crippen LogP contribution in [0.3, 0.4) is 0 Å². The maximum atomic E-state index is 7.56. The van der Waals surface area contributed by atoms with Gasteiger partial charge in [-0.25, -0.2) is 0 Å². The van der Waals surface area contributed by atoms with E-state index in [1.54, 1.807) is 5.02 Å². The van der Waals surface area contributed by atoms with Crippen molar-refractivity contribution in [2.45, 2.75) is 62.9 Å². The molecule has 0 aromatic rings. The Morgan fingerprint density at radius 3 is 1.50 bits per heavy atom. The molecule has 0 fully saturated rings. The van der Waals surface area contributed by atoms with Gasteiger partial charge in [0, 0.05) is 0 Å². The Labute approximate surface area is 152 Å². The van der Waals surface area contributed by atoms with Crippen molar-refractivity contribution in [1.29, 1.82) is 0 Å². The van der Waals surface area contributed by atoms with Gasteiger partial charge in [0.25, 0.3) is 0 Å². The van der Waals surface area contributed by atoms with E-state index in [0.29, 0.717) is 0 Å². The minimum Gasteiger partial charge on any atom is -0.325 e. The van der Waals surface area contributed by atoms with Crippen molar-refractivity contribution in [3.63, 3.8) is 0 Å². The zero-order valence-corrected chi connectivity index (χ0v) is 20.2. The predicted octanol–water partition coefficient (Wildman–Crippen LogP) is 2.91. The number of rotatable bonds is 7. The summed E-state index contributed by atoms with van der Waals surface area (Å²) in [5.41, 5.74) is 0. The first-order valence-corrected chi connectivity index (χ1v) is 16.4. The van der Waals surface area contributed by atoms with Crippen molar-refractivity contribution in [2.24, 2.45) is 5.92 Å². The van der Waals surface area contributed by atoms with Gasteiger partial charge in [0.1, 0.15) is 0 Å². The Morgan fingerprint density at radius 1 is 0.909 bits per heavy atom. The first kappa shape index (κ1) is 28.5. The van der Waals surface area contributed by atoms with Gasteiger partial charge < -0.3 is 29.4 Å². The van der Waals surface area contributed by atoms with Gasteiger partial charge >= 0.3 is 99.4 Å². The average molecular weight is 450 g/mol. The Hall–Kier alpha value is 1.68. The molecule has 22 heavy (non-hydrogen) atoms. The van der Waals surface area contributed by atoms with E-state index in [1.165, 1.54) is 25.7 Å². The van der Waals surface area contributed by atoms with E-state index in [4.69, 9.17) is 29.4 Å². The summed E-state index contributed by atoms with van der Waals surface area (Å²) in [6.45, 7) is 1.87. The normalized spacial score (nSPS) is 12.5. The van der Waals surface area contributed by atoms with Crippen LogP contribution in [0.4, 0.5) is 0 Å². The molecule has 0 spiro atoms. The van der Waals surface area contributed by atoms with Crippen LogP contribution in [-0.2, 0) is 40.7 Å². The van der Waals surface area contributed by atoms with E-state index in [-0.39, 0.29) is 17.1 Å². The van der Waals surface area contributed by atoms with Gasteiger partial charge in [-0.2, -0.15) is 0 Å². The second kappa shape index (κ2) is 16.2. The molecule has 0 aliphatic carbocycles. The molecular formula is C11H30O6P2S2Zn. The first-order chi connectivity index (χ1) is 9.70. The van der Waals surface area contributed by atoms with Crippen LogP contribution in [0.1, 0.15) is 53.4 Å². The molecule has 0 aromatic carbocycles. The van der Waals surface area contributed by atoms with Crippen LogP contribution in [0.15, 0.2) is 0 Å². The van der Waals surface area contributed by atoms with Crippen LogP contribution in [0.2, 0.25) is 9.53 Å². The summed E-state index contributed by atoms with van der Waals surface area (Å²) in [7, 11) is 0. The van der Waals surface area contributed by atoms with Crippen LogP contribution in [0.25, 0.3) is 0 Å². The fourth-order valence-electron chi connectivity index (χ4n) is 1.61. The molecule has 134 valence electrons. The molecule has 0 aromatic heterocycles. The summed E-state index contributed by atoms with van der Waals surface area (Å²) in [4.78, 5) is 45.3. The zero-order valence-electron chi connectivity index (χ0n) is 13.8. The molecule has 0 saturated heterocycles. The molecule has 11 heteroatoms. The van der Waals surface area contributed by atoms with E-state index in [9.17, 15) is 0 Å². The van der Waals surface area contributed by atoms with Gasteiger partial charge in [0.15, 0.2) is 0 Å². The molecular weight excluding hydrogens is 420 g/mol. The van der Waals surface area contributed by atoms with Crippen molar-refractivity contribution in [3.05, 3.63) is 0 Å². The summed E-state index contributed by atoms with van der Waals surface area (Å²) >= 11 is 7.06. The second-order valence-electron chi connectivity index (χ2n) is 5.41. The van der Waals surface area contributed by atoms with Crippen molar-refractivity contribution >= 4 is 37.1 Å². The maximum absolute atomic E-state index is 7.56. The van der Waals surface area contributed by atoms with E-state index < -0.39 is 13.4 Å². The van der Waals surface area contributed by atoms with Crippen molar-refractivity contribution in [2.75, 3.05) is 0 Å². The van der Waals surface area contributed by atoms with E-state index in [2.05, 4.69) is 51.3 Å². The topological polar surface area (TPSA) is 121 Å². The maximum Gasteiger partial charge on any atom is 0.319 e. The van der Waals surface area contributed by atoms with E-state index in [1.807, 2.05) is 0 Å². The standard InChI is InChI=1S/C8H17.C3H7.2H3O3PS.Zn/c1-4-6-7-8(3)5-2;1-3-2;2*1-4(2,3)5;/h8H,3-7H2,1-2H3;3H,1-2H3;2*(H3,1,2,3,5);. The van der Waals surface area contributed by atoms with E-state index >= 15 is 0 Å². The molecule has 0 amide bonds. The minimum absolute atomic E-state index is 0.146. The fourth-order valence-corrected chi connectivity index (χ4v) is 5.46. The molecule has 0 aliphatic rings. The van der Waals surface area contributed by atoms with Crippen molar-refractivity contribution in [3.8, 4) is 0 Å². The van der Waals surface area contributed by atoms with Crippen LogP contribution < -0.4 is 0 Å². The third-order valence-electron chi connectivity index (χ3n) is 2.70. The number of unbranched alkanes of at least 4 members (excludes halogenated alkanes) is 1. The van der Waals surface area contributed by atoms with Gasteiger partial charge in [0.2, 0.25) is 0 Å². The van der Waals surface area contributed by atoms with E-state index in [0.717, 1.165) is 10.4 Å². The summed E-state index contributed by atoms with van der Waals surface area (Å²) in [5, 5.41) is 1.64. The van der Waals surface area contributed by atoms with Gasteiger partial charge in [-0.15, -0.1) is 0 Å². The van der Waals surface area contributed by atoms with Crippen LogP contribution in [0.5, 0.6) is 0 Å². The van der Waals surface area contributed by atoms with Crippen LogP contribution >= 0.6 is 13.4 Å². The summed E-state index contributed by atoms with van der Waals surface area (Å²) in [6.07, 6.45) is 5.77. The molecule has 1 unspecified atom stereocenters. The Morgan fingerprint density at radius 2 is 1.27 bits per heavy atom. The quantitative estimate of drug-likeness (QED) is 0.259. The molecule has 0 saturated carbocycles. The molecule has 0 bridgehead atoms. The van der Waals surface area contributed by atoms with Gasteiger partial charge in [-0.05, 0) is 23.6 Å². The van der Waals surface area contributed by atoms with Crippen molar-refractivity contribution in [1.82, 2.24) is 0 Å². The van der Waals surface area contributed by atoms with Gasteiger partial charge in [0.05, 0.1) is 0 Å². The molecule has 0 radical (unpaired) electrons. The Kier molecular flexibility index (Phi) is 20.9.